The lowest BCUT2D eigenvalue weighted by atomic mass is 10.1. The Kier molecular flexibility index (Phi) is 4.35. The summed E-state index contributed by atoms with van der Waals surface area (Å²) in [4.78, 5) is 0. The van der Waals surface area contributed by atoms with E-state index >= 15 is 0 Å². The van der Waals surface area contributed by atoms with Crippen LogP contribution in [0.5, 0.6) is 0 Å². The van der Waals surface area contributed by atoms with Crippen molar-refractivity contribution in [1.82, 2.24) is 5.32 Å². The fourth-order valence-corrected chi connectivity index (χ4v) is 1.47. The summed E-state index contributed by atoms with van der Waals surface area (Å²) in [5.74, 6) is -3.71. The first-order valence-electron chi connectivity index (χ1n) is 5.36. The number of rotatable bonds is 4. The van der Waals surface area contributed by atoms with Crippen LogP contribution >= 0.6 is 0 Å². The monoisotopic (exact) mass is 231 g/mol. The third-order valence-corrected chi connectivity index (χ3v) is 2.65. The van der Waals surface area contributed by atoms with Gasteiger partial charge in [-0.15, -0.1) is 0 Å². The minimum atomic E-state index is -1.42. The van der Waals surface area contributed by atoms with Gasteiger partial charge in [0.1, 0.15) is 0 Å². The Balaban J connectivity index is 2.88. The third kappa shape index (κ3) is 2.98. The zero-order chi connectivity index (χ0) is 12.3. The summed E-state index contributed by atoms with van der Waals surface area (Å²) >= 11 is 0. The van der Waals surface area contributed by atoms with Gasteiger partial charge in [-0.25, -0.2) is 13.2 Å². The Morgan fingerprint density at radius 1 is 1.12 bits per heavy atom. The van der Waals surface area contributed by atoms with E-state index in [-0.39, 0.29) is 12.1 Å². The van der Waals surface area contributed by atoms with Crippen molar-refractivity contribution in [2.24, 2.45) is 0 Å². The quantitative estimate of drug-likeness (QED) is 0.781. The molecule has 0 bridgehead atoms. The van der Waals surface area contributed by atoms with E-state index in [9.17, 15) is 13.2 Å². The molecule has 0 aliphatic heterocycles. The molecule has 0 heterocycles. The predicted octanol–water partition coefficient (Wildman–Crippen LogP) is 3.55. The number of hydrogen-bond acceptors (Lipinski definition) is 1. The van der Waals surface area contributed by atoms with Crippen LogP contribution in [0.15, 0.2) is 12.1 Å². The van der Waals surface area contributed by atoms with Crippen LogP contribution in [0.1, 0.15) is 38.8 Å². The molecule has 1 nitrogen and oxygen atoms in total. The Morgan fingerprint density at radius 2 is 1.62 bits per heavy atom. The maximum absolute atomic E-state index is 13.0. The lowest BCUT2D eigenvalue weighted by Crippen LogP contribution is -2.28. The molecule has 0 saturated heterocycles. The van der Waals surface area contributed by atoms with E-state index in [0.717, 1.165) is 18.6 Å². The maximum Gasteiger partial charge on any atom is 0.194 e. The summed E-state index contributed by atoms with van der Waals surface area (Å²) in [7, 11) is 0. The SMILES string of the molecule is CCC(C)NC(C)c1cc(F)c(F)c(F)c1. The minimum absolute atomic E-state index is 0.209. The molecule has 90 valence electrons. The number of halogens is 3. The Morgan fingerprint density at radius 3 is 2.06 bits per heavy atom. The van der Waals surface area contributed by atoms with E-state index < -0.39 is 17.5 Å². The zero-order valence-corrected chi connectivity index (χ0v) is 9.65. The molecule has 0 radical (unpaired) electrons. The van der Waals surface area contributed by atoms with Gasteiger partial charge >= 0.3 is 0 Å². The number of hydrogen-bond donors (Lipinski definition) is 1. The molecule has 0 aliphatic rings. The highest BCUT2D eigenvalue weighted by atomic mass is 19.2. The van der Waals surface area contributed by atoms with E-state index in [1.54, 1.807) is 6.92 Å². The van der Waals surface area contributed by atoms with Gasteiger partial charge in [-0.3, -0.25) is 0 Å². The molecule has 0 spiro atoms. The maximum atomic E-state index is 13.0. The van der Waals surface area contributed by atoms with Crippen LogP contribution in [0, 0.1) is 17.5 Å². The van der Waals surface area contributed by atoms with Crippen LogP contribution in [0.2, 0.25) is 0 Å². The van der Waals surface area contributed by atoms with Crippen molar-refractivity contribution < 1.29 is 13.2 Å². The van der Waals surface area contributed by atoms with Crippen molar-refractivity contribution in [3.05, 3.63) is 35.1 Å². The van der Waals surface area contributed by atoms with E-state index in [0.29, 0.717) is 5.56 Å². The Bertz CT molecular complexity index is 342. The van der Waals surface area contributed by atoms with Crippen LogP contribution in [-0.4, -0.2) is 6.04 Å². The van der Waals surface area contributed by atoms with Gasteiger partial charge in [-0.05, 0) is 38.0 Å². The van der Waals surface area contributed by atoms with Crippen molar-refractivity contribution in [1.29, 1.82) is 0 Å². The highest BCUT2D eigenvalue weighted by Gasteiger charge is 2.15. The van der Waals surface area contributed by atoms with Crippen molar-refractivity contribution >= 4 is 0 Å². The van der Waals surface area contributed by atoms with Gasteiger partial charge in [0.05, 0.1) is 0 Å². The van der Waals surface area contributed by atoms with Gasteiger partial charge in [-0.2, -0.15) is 0 Å². The van der Waals surface area contributed by atoms with Gasteiger partial charge in [0.25, 0.3) is 0 Å². The molecule has 4 heteroatoms. The second-order valence-corrected chi connectivity index (χ2v) is 4.00. The topological polar surface area (TPSA) is 12.0 Å². The van der Waals surface area contributed by atoms with Crippen LogP contribution in [-0.2, 0) is 0 Å². The van der Waals surface area contributed by atoms with Crippen LogP contribution in [0.25, 0.3) is 0 Å². The molecule has 0 fully saturated rings. The first-order chi connectivity index (χ1) is 7.45. The zero-order valence-electron chi connectivity index (χ0n) is 9.65. The number of benzene rings is 1. The number of nitrogens with one attached hydrogen (secondary N) is 1. The summed E-state index contributed by atoms with van der Waals surface area (Å²) < 4.78 is 38.7. The van der Waals surface area contributed by atoms with Crippen molar-refractivity contribution in [2.45, 2.75) is 39.3 Å². The largest absolute Gasteiger partial charge is 0.308 e. The van der Waals surface area contributed by atoms with Crippen molar-refractivity contribution in [3.8, 4) is 0 Å². The van der Waals surface area contributed by atoms with Crippen LogP contribution < -0.4 is 5.32 Å². The molecule has 1 aromatic rings. The van der Waals surface area contributed by atoms with Crippen molar-refractivity contribution in [3.63, 3.8) is 0 Å². The summed E-state index contributed by atoms with van der Waals surface area (Å²) in [5.41, 5.74) is 0.414. The average Bonchev–Trinajstić information content (AvgIpc) is 2.24. The first kappa shape index (κ1) is 13.0. The molecule has 16 heavy (non-hydrogen) atoms. The minimum Gasteiger partial charge on any atom is -0.308 e. The van der Waals surface area contributed by atoms with E-state index in [2.05, 4.69) is 5.32 Å². The Hall–Kier alpha value is -1.03. The molecule has 1 N–H and O–H groups in total. The molecule has 1 rings (SSSR count). The highest BCUT2D eigenvalue weighted by Crippen LogP contribution is 2.19. The first-order valence-corrected chi connectivity index (χ1v) is 5.36. The molecule has 0 aromatic heterocycles. The molecule has 0 saturated carbocycles. The van der Waals surface area contributed by atoms with Crippen LogP contribution in [0.4, 0.5) is 13.2 Å². The molecule has 1 aromatic carbocycles. The van der Waals surface area contributed by atoms with E-state index in [1.807, 2.05) is 13.8 Å². The standard InChI is InChI=1S/C12H16F3N/c1-4-7(2)16-8(3)9-5-10(13)12(15)11(14)6-9/h5-8,16H,4H2,1-3H3. The van der Waals surface area contributed by atoms with Gasteiger partial charge in [0, 0.05) is 12.1 Å². The van der Waals surface area contributed by atoms with Gasteiger partial charge in [0.15, 0.2) is 17.5 Å². The molecule has 2 atom stereocenters. The van der Waals surface area contributed by atoms with E-state index in [4.69, 9.17) is 0 Å². The van der Waals surface area contributed by atoms with Gasteiger partial charge < -0.3 is 5.32 Å². The van der Waals surface area contributed by atoms with Gasteiger partial charge in [0.2, 0.25) is 0 Å². The van der Waals surface area contributed by atoms with E-state index in [1.165, 1.54) is 0 Å². The summed E-state index contributed by atoms with van der Waals surface area (Å²) in [5, 5.41) is 3.16. The normalized spacial score (nSPS) is 14.9. The fourth-order valence-electron chi connectivity index (χ4n) is 1.47. The molecule has 0 aliphatic carbocycles. The lowest BCUT2D eigenvalue weighted by Gasteiger charge is -2.19. The predicted molar refractivity (Wildman–Crippen MR) is 57.6 cm³/mol. The summed E-state index contributed by atoms with van der Waals surface area (Å²) in [6.07, 6.45) is 0.913. The Labute approximate surface area is 93.7 Å². The average molecular weight is 231 g/mol. The summed E-state index contributed by atoms with van der Waals surface area (Å²) in [6, 6.07) is 2.09. The molecule has 0 amide bonds. The summed E-state index contributed by atoms with van der Waals surface area (Å²) in [6.45, 7) is 5.78. The molecular weight excluding hydrogens is 215 g/mol. The second kappa shape index (κ2) is 5.34. The molecular formula is C12H16F3N. The van der Waals surface area contributed by atoms with Crippen LogP contribution in [0.3, 0.4) is 0 Å². The lowest BCUT2D eigenvalue weighted by molar-refractivity contribution is 0.432. The highest BCUT2D eigenvalue weighted by molar-refractivity contribution is 5.22. The second-order valence-electron chi connectivity index (χ2n) is 4.00. The fraction of sp³-hybridized carbons (Fsp3) is 0.500. The van der Waals surface area contributed by atoms with Gasteiger partial charge in [-0.1, -0.05) is 6.92 Å². The van der Waals surface area contributed by atoms with Crippen molar-refractivity contribution in [2.75, 3.05) is 0 Å². The molecule has 2 unspecified atom stereocenters. The third-order valence-electron chi connectivity index (χ3n) is 2.65. The smallest absolute Gasteiger partial charge is 0.194 e.